The first-order chi connectivity index (χ1) is 9.29. The van der Waals surface area contributed by atoms with E-state index in [1.807, 2.05) is 0 Å². The average molecular weight is 260 g/mol. The van der Waals surface area contributed by atoms with Crippen LogP contribution in [0.2, 0.25) is 0 Å². The largest absolute Gasteiger partial charge is 0.301 e. The van der Waals surface area contributed by atoms with E-state index in [9.17, 15) is 0 Å². The highest BCUT2D eigenvalue weighted by molar-refractivity contribution is 5.14. The third-order valence-electron chi connectivity index (χ3n) is 4.40. The Hall–Kier alpha value is -0.860. The van der Waals surface area contributed by atoms with Gasteiger partial charge in [0.05, 0.1) is 0 Å². The first-order valence-corrected chi connectivity index (χ1v) is 7.80. The first kappa shape index (κ1) is 14.5. The van der Waals surface area contributed by atoms with Gasteiger partial charge in [-0.2, -0.15) is 0 Å². The molecule has 1 aromatic rings. The molecule has 0 radical (unpaired) electrons. The second-order valence-corrected chi connectivity index (χ2v) is 5.72. The van der Waals surface area contributed by atoms with Gasteiger partial charge in [0.1, 0.15) is 0 Å². The third-order valence-corrected chi connectivity index (χ3v) is 4.40. The van der Waals surface area contributed by atoms with Crippen LogP contribution in [0.3, 0.4) is 0 Å². The van der Waals surface area contributed by atoms with E-state index in [1.165, 1.54) is 57.5 Å². The number of hydrogen-bond acceptors (Lipinski definition) is 2. The summed E-state index contributed by atoms with van der Waals surface area (Å²) >= 11 is 0. The molecule has 106 valence electrons. The van der Waals surface area contributed by atoms with E-state index in [-0.39, 0.29) is 0 Å². The van der Waals surface area contributed by atoms with Gasteiger partial charge in [-0.05, 0) is 38.3 Å². The highest BCUT2D eigenvalue weighted by Gasteiger charge is 2.19. The first-order valence-electron chi connectivity index (χ1n) is 7.80. The number of aryl methyl sites for hydroxylation is 1. The lowest BCUT2D eigenvalue weighted by Crippen LogP contribution is -2.49. The van der Waals surface area contributed by atoms with Crippen molar-refractivity contribution >= 4 is 0 Å². The van der Waals surface area contributed by atoms with Gasteiger partial charge in [-0.1, -0.05) is 37.3 Å². The summed E-state index contributed by atoms with van der Waals surface area (Å²) in [4.78, 5) is 5.26. The maximum Gasteiger partial charge on any atom is 0.0113 e. The highest BCUT2D eigenvalue weighted by atomic mass is 15.3. The third kappa shape index (κ3) is 4.63. The molecule has 19 heavy (non-hydrogen) atoms. The van der Waals surface area contributed by atoms with Gasteiger partial charge < -0.3 is 4.90 Å². The summed E-state index contributed by atoms with van der Waals surface area (Å²) in [5.74, 6) is 0. The van der Waals surface area contributed by atoms with Gasteiger partial charge in [-0.15, -0.1) is 0 Å². The highest BCUT2D eigenvalue weighted by Crippen LogP contribution is 2.10. The van der Waals surface area contributed by atoms with Crippen molar-refractivity contribution < 1.29 is 0 Å². The summed E-state index contributed by atoms with van der Waals surface area (Å²) in [6.07, 6.45) is 3.77. The monoisotopic (exact) mass is 260 g/mol. The van der Waals surface area contributed by atoms with E-state index in [1.54, 1.807) is 0 Å². The summed E-state index contributed by atoms with van der Waals surface area (Å²) in [7, 11) is 0. The lowest BCUT2D eigenvalue weighted by atomic mass is 10.1. The smallest absolute Gasteiger partial charge is 0.0113 e. The van der Waals surface area contributed by atoms with Gasteiger partial charge in [-0.3, -0.25) is 4.90 Å². The van der Waals surface area contributed by atoms with Crippen molar-refractivity contribution in [1.29, 1.82) is 0 Å². The zero-order valence-electron chi connectivity index (χ0n) is 12.5. The molecule has 1 unspecified atom stereocenters. The fraction of sp³-hybridized carbons (Fsp3) is 0.647. The Kier molecular flexibility index (Phi) is 5.87. The number of piperazine rings is 1. The average Bonchev–Trinajstić information content (AvgIpc) is 2.48. The van der Waals surface area contributed by atoms with Crippen LogP contribution in [0.15, 0.2) is 30.3 Å². The van der Waals surface area contributed by atoms with E-state index in [2.05, 4.69) is 54.0 Å². The maximum atomic E-state index is 2.63. The van der Waals surface area contributed by atoms with Crippen molar-refractivity contribution in [3.05, 3.63) is 35.9 Å². The van der Waals surface area contributed by atoms with Gasteiger partial charge in [-0.25, -0.2) is 0 Å². The standard InChI is InChI=1S/C17H28N2/c1-3-16(2)19-14-12-18(13-15-19)11-7-10-17-8-5-4-6-9-17/h4-6,8-9,16H,3,7,10-15H2,1-2H3. The Bertz CT molecular complexity index is 342. The molecule has 2 heteroatoms. The Morgan fingerprint density at radius 3 is 2.37 bits per heavy atom. The van der Waals surface area contributed by atoms with Crippen LogP contribution in [0.4, 0.5) is 0 Å². The second-order valence-electron chi connectivity index (χ2n) is 5.72. The molecule has 0 spiro atoms. The zero-order chi connectivity index (χ0) is 13.5. The molecule has 0 N–H and O–H groups in total. The van der Waals surface area contributed by atoms with Gasteiger partial charge in [0, 0.05) is 32.2 Å². The maximum absolute atomic E-state index is 2.63. The molecule has 0 saturated carbocycles. The minimum atomic E-state index is 0.756. The molecule has 1 aliphatic heterocycles. The molecule has 1 heterocycles. The molecular weight excluding hydrogens is 232 g/mol. The fourth-order valence-electron chi connectivity index (χ4n) is 2.84. The molecule has 1 atom stereocenters. The predicted molar refractivity (Wildman–Crippen MR) is 82.5 cm³/mol. The quantitative estimate of drug-likeness (QED) is 0.776. The molecule has 1 fully saturated rings. The van der Waals surface area contributed by atoms with Crippen molar-refractivity contribution in [2.24, 2.45) is 0 Å². The minimum absolute atomic E-state index is 0.756. The van der Waals surface area contributed by atoms with Gasteiger partial charge in [0.15, 0.2) is 0 Å². The number of benzene rings is 1. The van der Waals surface area contributed by atoms with Crippen molar-refractivity contribution in [1.82, 2.24) is 9.80 Å². The molecule has 1 aromatic carbocycles. The van der Waals surface area contributed by atoms with E-state index in [0.717, 1.165) is 6.04 Å². The van der Waals surface area contributed by atoms with Crippen molar-refractivity contribution in [2.75, 3.05) is 32.7 Å². The molecule has 2 nitrogen and oxygen atoms in total. The molecule has 1 aliphatic rings. The molecule has 0 bridgehead atoms. The summed E-state index contributed by atoms with van der Waals surface area (Å²) in [5.41, 5.74) is 1.47. The van der Waals surface area contributed by atoms with Gasteiger partial charge in [0.2, 0.25) is 0 Å². The van der Waals surface area contributed by atoms with E-state index < -0.39 is 0 Å². The lowest BCUT2D eigenvalue weighted by molar-refractivity contribution is 0.1000. The summed E-state index contributed by atoms with van der Waals surface area (Å²) in [6.45, 7) is 10.9. The summed E-state index contributed by atoms with van der Waals surface area (Å²) in [5, 5.41) is 0. The topological polar surface area (TPSA) is 6.48 Å². The van der Waals surface area contributed by atoms with Crippen LogP contribution in [-0.2, 0) is 6.42 Å². The number of rotatable bonds is 6. The van der Waals surface area contributed by atoms with Gasteiger partial charge >= 0.3 is 0 Å². The van der Waals surface area contributed by atoms with Crippen LogP contribution in [0.1, 0.15) is 32.3 Å². The van der Waals surface area contributed by atoms with Gasteiger partial charge in [0.25, 0.3) is 0 Å². The Morgan fingerprint density at radius 2 is 1.74 bits per heavy atom. The Balaban J connectivity index is 1.63. The number of nitrogens with zero attached hydrogens (tertiary/aromatic N) is 2. The second kappa shape index (κ2) is 7.66. The zero-order valence-corrected chi connectivity index (χ0v) is 12.5. The molecule has 0 aromatic heterocycles. The normalized spacial score (nSPS) is 19.5. The SMILES string of the molecule is CCC(C)N1CCN(CCCc2ccccc2)CC1. The minimum Gasteiger partial charge on any atom is -0.301 e. The fourth-order valence-corrected chi connectivity index (χ4v) is 2.84. The summed E-state index contributed by atoms with van der Waals surface area (Å²) < 4.78 is 0. The Labute approximate surface area is 118 Å². The van der Waals surface area contributed by atoms with Crippen molar-refractivity contribution in [3.63, 3.8) is 0 Å². The number of hydrogen-bond donors (Lipinski definition) is 0. The van der Waals surface area contributed by atoms with Crippen LogP contribution in [0.5, 0.6) is 0 Å². The lowest BCUT2D eigenvalue weighted by Gasteiger charge is -2.37. The van der Waals surface area contributed by atoms with E-state index >= 15 is 0 Å². The molecule has 0 aliphatic carbocycles. The predicted octanol–water partition coefficient (Wildman–Crippen LogP) is 3.04. The van der Waals surface area contributed by atoms with Crippen molar-refractivity contribution in [3.8, 4) is 0 Å². The van der Waals surface area contributed by atoms with E-state index in [4.69, 9.17) is 0 Å². The van der Waals surface area contributed by atoms with E-state index in [0.29, 0.717) is 0 Å². The van der Waals surface area contributed by atoms with Crippen LogP contribution in [0.25, 0.3) is 0 Å². The summed E-state index contributed by atoms with van der Waals surface area (Å²) in [6, 6.07) is 11.6. The molecule has 0 amide bonds. The van der Waals surface area contributed by atoms with Crippen LogP contribution in [0, 0.1) is 0 Å². The van der Waals surface area contributed by atoms with Crippen molar-refractivity contribution in [2.45, 2.75) is 39.2 Å². The van der Waals surface area contributed by atoms with Crippen LogP contribution < -0.4 is 0 Å². The molecule has 2 rings (SSSR count). The Morgan fingerprint density at radius 1 is 1.05 bits per heavy atom. The van der Waals surface area contributed by atoms with Crippen LogP contribution >= 0.6 is 0 Å². The molecular formula is C17H28N2. The molecule has 1 saturated heterocycles. The van der Waals surface area contributed by atoms with Crippen LogP contribution in [-0.4, -0.2) is 48.6 Å².